The maximum absolute atomic E-state index is 3.70. The Hall–Kier alpha value is 0.310. The van der Waals surface area contributed by atoms with Crippen molar-refractivity contribution in [3.8, 4) is 0 Å². The van der Waals surface area contributed by atoms with Crippen molar-refractivity contribution in [1.29, 1.82) is 0 Å². The van der Waals surface area contributed by atoms with Gasteiger partial charge in [-0.05, 0) is 56.6 Å². The molecule has 0 aromatic heterocycles. The summed E-state index contributed by atoms with van der Waals surface area (Å²) in [5.74, 6) is 2.35. The third kappa shape index (κ3) is 5.26. The predicted octanol–water partition coefficient (Wildman–Crippen LogP) is 3.30. The highest BCUT2D eigenvalue weighted by molar-refractivity contribution is 7.98. The normalized spacial score (nSPS) is 18.4. The van der Waals surface area contributed by atoms with E-state index in [4.69, 9.17) is 0 Å². The lowest BCUT2D eigenvalue weighted by atomic mass is 10.1. The highest BCUT2D eigenvalue weighted by Gasteiger charge is 2.28. The lowest BCUT2D eigenvalue weighted by Gasteiger charge is -2.15. The molecule has 0 heterocycles. The molecule has 1 unspecified atom stereocenters. The van der Waals surface area contributed by atoms with Gasteiger partial charge in [0.15, 0.2) is 0 Å². The van der Waals surface area contributed by atoms with Gasteiger partial charge in [0.1, 0.15) is 0 Å². The van der Waals surface area contributed by atoms with Crippen LogP contribution in [0.15, 0.2) is 0 Å². The maximum atomic E-state index is 3.70. The van der Waals surface area contributed by atoms with Crippen LogP contribution in [0.2, 0.25) is 0 Å². The van der Waals surface area contributed by atoms with Gasteiger partial charge in [0.2, 0.25) is 0 Å². The Morgan fingerprint density at radius 1 is 1.29 bits per heavy atom. The summed E-state index contributed by atoms with van der Waals surface area (Å²) in [6.45, 7) is 3.55. The van der Waals surface area contributed by atoms with Crippen LogP contribution in [0.5, 0.6) is 0 Å². The average molecular weight is 215 g/mol. The minimum Gasteiger partial charge on any atom is -0.314 e. The summed E-state index contributed by atoms with van der Waals surface area (Å²) in [6, 6.07) is 0.829. The molecule has 1 saturated carbocycles. The molecule has 1 aliphatic rings. The van der Waals surface area contributed by atoms with Gasteiger partial charge in [-0.25, -0.2) is 0 Å². The summed E-state index contributed by atoms with van der Waals surface area (Å²) in [5.41, 5.74) is 0. The van der Waals surface area contributed by atoms with Crippen LogP contribution in [0.3, 0.4) is 0 Å². The highest BCUT2D eigenvalue weighted by Crippen LogP contribution is 2.33. The van der Waals surface area contributed by atoms with Crippen molar-refractivity contribution in [3.05, 3.63) is 0 Å². The molecule has 0 amide bonds. The third-order valence-electron chi connectivity index (χ3n) is 3.06. The zero-order valence-corrected chi connectivity index (χ0v) is 10.5. The Labute approximate surface area is 93.4 Å². The number of hydrogen-bond acceptors (Lipinski definition) is 2. The van der Waals surface area contributed by atoms with E-state index in [0.29, 0.717) is 0 Å². The summed E-state index contributed by atoms with van der Waals surface area (Å²) in [5, 5.41) is 3.70. The van der Waals surface area contributed by atoms with Gasteiger partial charge < -0.3 is 5.32 Å². The average Bonchev–Trinajstić information content (AvgIpc) is 3.01. The van der Waals surface area contributed by atoms with Crippen molar-refractivity contribution in [1.82, 2.24) is 5.32 Å². The van der Waals surface area contributed by atoms with Crippen LogP contribution in [0.4, 0.5) is 0 Å². The lowest BCUT2D eigenvalue weighted by molar-refractivity contribution is 0.442. The smallest absolute Gasteiger partial charge is 0.00927 e. The molecule has 1 rings (SSSR count). The van der Waals surface area contributed by atoms with Gasteiger partial charge in [-0.15, -0.1) is 0 Å². The lowest BCUT2D eigenvalue weighted by Crippen LogP contribution is -2.31. The van der Waals surface area contributed by atoms with Gasteiger partial charge in [0, 0.05) is 6.04 Å². The topological polar surface area (TPSA) is 12.0 Å². The summed E-state index contributed by atoms with van der Waals surface area (Å²) < 4.78 is 0. The molecule has 2 heteroatoms. The number of nitrogens with one attached hydrogen (secondary N) is 1. The number of hydrogen-bond donors (Lipinski definition) is 1. The third-order valence-corrected chi connectivity index (χ3v) is 3.76. The number of rotatable bonds is 9. The Morgan fingerprint density at radius 3 is 2.64 bits per heavy atom. The largest absolute Gasteiger partial charge is 0.314 e. The first-order chi connectivity index (χ1) is 6.88. The molecular formula is C12H25NS. The van der Waals surface area contributed by atoms with Crippen LogP contribution in [-0.4, -0.2) is 24.6 Å². The molecule has 1 aliphatic carbocycles. The SMILES string of the molecule is CCC(NCCCCCSC)C1CC1. The van der Waals surface area contributed by atoms with E-state index in [1.807, 2.05) is 11.8 Å². The first-order valence-corrected chi connectivity index (χ1v) is 7.50. The van der Waals surface area contributed by atoms with Crippen LogP contribution < -0.4 is 5.32 Å². The molecule has 14 heavy (non-hydrogen) atoms. The molecule has 0 saturated heterocycles. The van der Waals surface area contributed by atoms with Crippen LogP contribution in [0, 0.1) is 5.92 Å². The van der Waals surface area contributed by atoms with Crippen molar-refractivity contribution in [2.24, 2.45) is 5.92 Å². The molecule has 1 nitrogen and oxygen atoms in total. The van der Waals surface area contributed by atoms with E-state index in [9.17, 15) is 0 Å². The van der Waals surface area contributed by atoms with E-state index in [2.05, 4.69) is 18.5 Å². The molecule has 0 aromatic carbocycles. The molecule has 0 aliphatic heterocycles. The minimum atomic E-state index is 0.829. The highest BCUT2D eigenvalue weighted by atomic mass is 32.2. The molecule has 0 aromatic rings. The standard InChI is InChI=1S/C12H25NS/c1-3-12(11-7-8-11)13-9-5-4-6-10-14-2/h11-13H,3-10H2,1-2H3. The summed E-state index contributed by atoms with van der Waals surface area (Å²) in [4.78, 5) is 0. The van der Waals surface area contributed by atoms with Gasteiger partial charge in [0.05, 0.1) is 0 Å². The van der Waals surface area contributed by atoms with E-state index >= 15 is 0 Å². The number of thioether (sulfide) groups is 1. The van der Waals surface area contributed by atoms with Gasteiger partial charge in [-0.3, -0.25) is 0 Å². The van der Waals surface area contributed by atoms with E-state index in [1.54, 1.807) is 0 Å². The van der Waals surface area contributed by atoms with Gasteiger partial charge in [-0.1, -0.05) is 13.3 Å². The molecular weight excluding hydrogens is 190 g/mol. The summed E-state index contributed by atoms with van der Waals surface area (Å²) in [7, 11) is 0. The van der Waals surface area contributed by atoms with E-state index in [1.165, 1.54) is 50.8 Å². The molecule has 1 fully saturated rings. The second-order valence-corrected chi connectivity index (χ2v) is 5.35. The molecule has 1 atom stereocenters. The quantitative estimate of drug-likeness (QED) is 0.592. The second-order valence-electron chi connectivity index (χ2n) is 4.36. The minimum absolute atomic E-state index is 0.829. The van der Waals surface area contributed by atoms with Gasteiger partial charge in [0.25, 0.3) is 0 Å². The van der Waals surface area contributed by atoms with Crippen LogP contribution >= 0.6 is 11.8 Å². The molecule has 84 valence electrons. The fourth-order valence-electron chi connectivity index (χ4n) is 1.98. The van der Waals surface area contributed by atoms with Crippen molar-refractivity contribution in [2.45, 2.75) is 51.5 Å². The molecule has 1 N–H and O–H groups in total. The fraction of sp³-hybridized carbons (Fsp3) is 1.00. The molecule has 0 bridgehead atoms. The van der Waals surface area contributed by atoms with E-state index in [-0.39, 0.29) is 0 Å². The van der Waals surface area contributed by atoms with Crippen molar-refractivity contribution in [2.75, 3.05) is 18.6 Å². The fourth-order valence-corrected chi connectivity index (χ4v) is 2.47. The van der Waals surface area contributed by atoms with E-state index < -0.39 is 0 Å². The first-order valence-electron chi connectivity index (χ1n) is 6.10. The summed E-state index contributed by atoms with van der Waals surface area (Å²) >= 11 is 1.96. The van der Waals surface area contributed by atoms with Gasteiger partial charge >= 0.3 is 0 Å². The Balaban J connectivity index is 1.86. The monoisotopic (exact) mass is 215 g/mol. The molecule has 0 radical (unpaired) electrons. The van der Waals surface area contributed by atoms with Crippen molar-refractivity contribution >= 4 is 11.8 Å². The zero-order chi connectivity index (χ0) is 10.2. The van der Waals surface area contributed by atoms with Crippen LogP contribution in [0.25, 0.3) is 0 Å². The Kier molecular flexibility index (Phi) is 6.70. The van der Waals surface area contributed by atoms with E-state index in [0.717, 1.165) is 12.0 Å². The summed E-state index contributed by atoms with van der Waals surface area (Å²) in [6.07, 6.45) is 10.6. The maximum Gasteiger partial charge on any atom is 0.00927 e. The van der Waals surface area contributed by atoms with Crippen LogP contribution in [-0.2, 0) is 0 Å². The number of unbranched alkanes of at least 4 members (excludes halogenated alkanes) is 2. The Bertz CT molecular complexity index is 134. The van der Waals surface area contributed by atoms with Gasteiger partial charge in [-0.2, -0.15) is 11.8 Å². The zero-order valence-electron chi connectivity index (χ0n) is 9.72. The van der Waals surface area contributed by atoms with Crippen molar-refractivity contribution in [3.63, 3.8) is 0 Å². The predicted molar refractivity (Wildman–Crippen MR) is 67.0 cm³/mol. The Morgan fingerprint density at radius 2 is 2.07 bits per heavy atom. The first kappa shape index (κ1) is 12.4. The van der Waals surface area contributed by atoms with Crippen LogP contribution in [0.1, 0.15) is 45.4 Å². The van der Waals surface area contributed by atoms with Crippen molar-refractivity contribution < 1.29 is 0 Å². The second kappa shape index (κ2) is 7.58. The molecule has 0 spiro atoms.